The highest BCUT2D eigenvalue weighted by Crippen LogP contribution is 2.29. The molecular formula is C22H32N3O3+. The van der Waals surface area contributed by atoms with Crippen molar-refractivity contribution < 1.29 is 20.1 Å². The maximum atomic E-state index is 12.9. The first kappa shape index (κ1) is 21.7. The van der Waals surface area contributed by atoms with Crippen molar-refractivity contribution >= 4 is 28.3 Å². The number of rotatable bonds is 8. The number of methoxy groups -OCH3 is 1. The number of carbonyl (C=O) groups excluding carboxylic acids is 2. The maximum Gasteiger partial charge on any atom is 0.278 e. The number of carbonyl (C=O) groups is 2. The van der Waals surface area contributed by atoms with Gasteiger partial charge in [-0.3, -0.25) is 9.59 Å². The van der Waals surface area contributed by atoms with Crippen LogP contribution in [0.3, 0.4) is 0 Å². The van der Waals surface area contributed by atoms with Gasteiger partial charge in [0.2, 0.25) is 5.91 Å². The summed E-state index contributed by atoms with van der Waals surface area (Å²) in [4.78, 5) is 25.3. The van der Waals surface area contributed by atoms with Crippen molar-refractivity contribution in [1.82, 2.24) is 5.32 Å². The molecule has 152 valence electrons. The number of anilines is 1. The second-order valence-corrected chi connectivity index (χ2v) is 7.95. The highest BCUT2D eigenvalue weighted by molar-refractivity contribution is 6.00. The van der Waals surface area contributed by atoms with Crippen LogP contribution in [0.2, 0.25) is 0 Å². The normalized spacial score (nSPS) is 13.4. The van der Waals surface area contributed by atoms with Gasteiger partial charge in [-0.05, 0) is 23.3 Å². The summed E-state index contributed by atoms with van der Waals surface area (Å²) in [6.07, 6.45) is 0.681. The van der Waals surface area contributed by atoms with Crippen molar-refractivity contribution in [3.05, 3.63) is 36.4 Å². The van der Waals surface area contributed by atoms with E-state index in [-0.39, 0.29) is 23.8 Å². The molecule has 28 heavy (non-hydrogen) atoms. The van der Waals surface area contributed by atoms with Gasteiger partial charge in [-0.25, -0.2) is 0 Å². The second-order valence-electron chi connectivity index (χ2n) is 7.95. The highest BCUT2D eigenvalue weighted by Gasteiger charge is 2.28. The summed E-state index contributed by atoms with van der Waals surface area (Å²) in [6.45, 7) is 7.91. The number of benzene rings is 2. The Morgan fingerprint density at radius 2 is 1.75 bits per heavy atom. The Labute approximate surface area is 166 Å². The number of hydrogen-bond acceptors (Lipinski definition) is 3. The van der Waals surface area contributed by atoms with Gasteiger partial charge in [-0.15, -0.1) is 0 Å². The minimum atomic E-state index is -0.638. The third-order valence-electron chi connectivity index (χ3n) is 4.68. The summed E-state index contributed by atoms with van der Waals surface area (Å²) < 4.78 is 5.46. The monoisotopic (exact) mass is 386 g/mol. The van der Waals surface area contributed by atoms with Gasteiger partial charge in [0.1, 0.15) is 11.8 Å². The van der Waals surface area contributed by atoms with Crippen molar-refractivity contribution in [2.24, 2.45) is 11.8 Å². The predicted octanol–water partition coefficient (Wildman–Crippen LogP) is 2.58. The van der Waals surface area contributed by atoms with Crippen molar-refractivity contribution in [3.63, 3.8) is 0 Å². The Morgan fingerprint density at radius 1 is 1.07 bits per heavy atom. The molecule has 2 aromatic carbocycles. The standard InChI is InChI=1S/C22H31N3O3/c1-13(2)10-18(23)21(26)25-20(14(3)4)22(27)24-16-11-15-8-6-7-9-17(15)19(12-16)28-5/h6-9,11-14,18,20H,10,23H2,1-5H3,(H,24,27)(H,25,26)/p+1/t18-,20-/m0/s1. The van der Waals surface area contributed by atoms with E-state index in [9.17, 15) is 9.59 Å². The molecule has 0 spiro atoms. The fraction of sp³-hybridized carbons (Fsp3) is 0.455. The molecule has 0 aliphatic carbocycles. The van der Waals surface area contributed by atoms with E-state index in [1.807, 2.05) is 58.0 Å². The van der Waals surface area contributed by atoms with Gasteiger partial charge >= 0.3 is 0 Å². The van der Waals surface area contributed by atoms with Crippen LogP contribution >= 0.6 is 0 Å². The average molecular weight is 387 g/mol. The lowest BCUT2D eigenvalue weighted by atomic mass is 10.0. The van der Waals surface area contributed by atoms with Crippen LogP contribution in [-0.4, -0.2) is 31.0 Å². The van der Waals surface area contributed by atoms with E-state index in [4.69, 9.17) is 4.74 Å². The molecule has 0 aromatic heterocycles. The van der Waals surface area contributed by atoms with Crippen molar-refractivity contribution in [1.29, 1.82) is 0 Å². The molecule has 0 bridgehead atoms. The number of ether oxygens (including phenoxy) is 1. The largest absolute Gasteiger partial charge is 0.496 e. The summed E-state index contributed by atoms with van der Waals surface area (Å²) in [6, 6.07) is 10.5. The van der Waals surface area contributed by atoms with Crippen LogP contribution in [0.25, 0.3) is 10.8 Å². The summed E-state index contributed by atoms with van der Waals surface area (Å²) in [5, 5.41) is 7.73. The smallest absolute Gasteiger partial charge is 0.278 e. The van der Waals surface area contributed by atoms with Gasteiger partial charge in [0.25, 0.3) is 5.91 Å². The molecule has 0 saturated heterocycles. The fourth-order valence-corrected chi connectivity index (χ4v) is 3.22. The molecule has 0 radical (unpaired) electrons. The molecular weight excluding hydrogens is 354 g/mol. The van der Waals surface area contributed by atoms with Crippen LogP contribution in [0.5, 0.6) is 5.75 Å². The molecule has 0 saturated carbocycles. The van der Waals surface area contributed by atoms with Crippen LogP contribution in [0.1, 0.15) is 34.1 Å². The lowest BCUT2D eigenvalue weighted by molar-refractivity contribution is -0.406. The SMILES string of the molecule is COc1cc(NC(=O)[C@@H](NC(=O)[C@@H]([NH3+])CC(C)C)C(C)C)cc2ccccc12. The molecule has 6 nitrogen and oxygen atoms in total. The van der Waals surface area contributed by atoms with Gasteiger partial charge in [-0.2, -0.15) is 0 Å². The zero-order valence-electron chi connectivity index (χ0n) is 17.4. The minimum Gasteiger partial charge on any atom is -0.496 e. The van der Waals surface area contributed by atoms with Crippen molar-refractivity contribution in [3.8, 4) is 5.75 Å². The molecule has 0 heterocycles. The van der Waals surface area contributed by atoms with Gasteiger partial charge in [0.15, 0.2) is 6.04 Å². The number of fused-ring (bicyclic) bond motifs is 1. The zero-order chi connectivity index (χ0) is 20.8. The summed E-state index contributed by atoms with van der Waals surface area (Å²) in [5.41, 5.74) is 4.56. The van der Waals surface area contributed by atoms with E-state index < -0.39 is 6.04 Å². The highest BCUT2D eigenvalue weighted by atomic mass is 16.5. The van der Waals surface area contributed by atoms with Crippen molar-refractivity contribution in [2.75, 3.05) is 12.4 Å². The average Bonchev–Trinajstić information content (AvgIpc) is 2.64. The third-order valence-corrected chi connectivity index (χ3v) is 4.68. The van der Waals surface area contributed by atoms with Crippen LogP contribution in [0.4, 0.5) is 5.69 Å². The Hall–Kier alpha value is -2.60. The van der Waals surface area contributed by atoms with Gasteiger partial charge < -0.3 is 21.1 Å². The Balaban J connectivity index is 2.18. The lowest BCUT2D eigenvalue weighted by Crippen LogP contribution is -2.69. The van der Waals surface area contributed by atoms with E-state index in [0.717, 1.165) is 10.8 Å². The fourth-order valence-electron chi connectivity index (χ4n) is 3.22. The van der Waals surface area contributed by atoms with Crippen LogP contribution in [0.15, 0.2) is 36.4 Å². The first-order chi connectivity index (χ1) is 13.2. The van der Waals surface area contributed by atoms with Crippen LogP contribution in [0, 0.1) is 11.8 Å². The number of quaternary nitrogens is 1. The minimum absolute atomic E-state index is 0.0578. The molecule has 0 aliphatic rings. The summed E-state index contributed by atoms with van der Waals surface area (Å²) in [7, 11) is 1.60. The number of hydrogen-bond donors (Lipinski definition) is 3. The quantitative estimate of drug-likeness (QED) is 0.651. The molecule has 0 fully saturated rings. The van der Waals surface area contributed by atoms with Crippen LogP contribution < -0.4 is 21.1 Å². The van der Waals surface area contributed by atoms with Crippen LogP contribution in [-0.2, 0) is 9.59 Å². The molecule has 6 heteroatoms. The Bertz CT molecular complexity index is 833. The first-order valence-electron chi connectivity index (χ1n) is 9.74. The van der Waals surface area contributed by atoms with E-state index >= 15 is 0 Å². The Kier molecular flexibility index (Phi) is 7.40. The van der Waals surface area contributed by atoms with Gasteiger partial charge in [0, 0.05) is 23.6 Å². The van der Waals surface area contributed by atoms with Gasteiger partial charge in [-0.1, -0.05) is 52.0 Å². The number of amides is 2. The first-order valence-corrected chi connectivity index (χ1v) is 9.74. The Morgan fingerprint density at radius 3 is 2.36 bits per heavy atom. The summed E-state index contributed by atoms with van der Waals surface area (Å²) in [5.74, 6) is 0.548. The lowest BCUT2D eigenvalue weighted by Gasteiger charge is -2.23. The third kappa shape index (κ3) is 5.45. The molecule has 0 unspecified atom stereocenters. The van der Waals surface area contributed by atoms with E-state index in [1.54, 1.807) is 13.2 Å². The summed E-state index contributed by atoms with van der Waals surface area (Å²) >= 11 is 0. The topological polar surface area (TPSA) is 95.1 Å². The van der Waals surface area contributed by atoms with E-state index in [2.05, 4.69) is 16.4 Å². The van der Waals surface area contributed by atoms with Crippen molar-refractivity contribution in [2.45, 2.75) is 46.2 Å². The van der Waals surface area contributed by atoms with E-state index in [1.165, 1.54) is 0 Å². The second kappa shape index (κ2) is 9.55. The number of nitrogens with one attached hydrogen (secondary N) is 2. The molecule has 2 rings (SSSR count). The molecule has 2 amide bonds. The molecule has 2 atom stereocenters. The zero-order valence-corrected chi connectivity index (χ0v) is 17.4. The molecule has 5 N–H and O–H groups in total. The molecule has 0 aliphatic heterocycles. The van der Waals surface area contributed by atoms with Gasteiger partial charge in [0.05, 0.1) is 7.11 Å². The predicted molar refractivity (Wildman–Crippen MR) is 112 cm³/mol. The van der Waals surface area contributed by atoms with E-state index in [0.29, 0.717) is 23.8 Å². The molecule has 2 aromatic rings. The maximum absolute atomic E-state index is 12.9.